The van der Waals surface area contributed by atoms with Crippen LogP contribution in [0, 0.1) is 6.92 Å². The number of amides is 1. The van der Waals surface area contributed by atoms with Crippen LogP contribution in [0.25, 0.3) is 0 Å². The second-order valence-corrected chi connectivity index (χ2v) is 5.19. The zero-order chi connectivity index (χ0) is 13.7. The van der Waals surface area contributed by atoms with Crippen molar-refractivity contribution in [2.75, 3.05) is 26.2 Å². The van der Waals surface area contributed by atoms with Crippen molar-refractivity contribution in [3.63, 3.8) is 0 Å². The highest BCUT2D eigenvalue weighted by molar-refractivity contribution is 5.76. The normalized spacial score (nSPS) is 17.5. The molecule has 2 rings (SSSR count). The molecule has 0 atom stereocenters. The molecule has 1 amide bonds. The molecule has 0 saturated carbocycles. The Hall–Kier alpha value is -1.36. The van der Waals surface area contributed by atoms with Crippen LogP contribution in [-0.4, -0.2) is 47.0 Å². The van der Waals surface area contributed by atoms with E-state index >= 15 is 0 Å². The molecule has 0 spiro atoms. The van der Waals surface area contributed by atoms with Gasteiger partial charge in [0.25, 0.3) is 0 Å². The maximum absolute atomic E-state index is 11.9. The first-order valence-electron chi connectivity index (χ1n) is 7.11. The van der Waals surface area contributed by atoms with Crippen molar-refractivity contribution in [1.82, 2.24) is 15.0 Å². The Balaban J connectivity index is 1.84. The van der Waals surface area contributed by atoms with Gasteiger partial charge in [-0.3, -0.25) is 9.69 Å². The Labute approximate surface area is 114 Å². The van der Waals surface area contributed by atoms with Crippen molar-refractivity contribution in [2.24, 2.45) is 0 Å². The van der Waals surface area contributed by atoms with Crippen molar-refractivity contribution < 1.29 is 9.32 Å². The van der Waals surface area contributed by atoms with Gasteiger partial charge in [-0.1, -0.05) is 12.1 Å². The Bertz CT molecular complexity index is 417. The molecule has 1 aliphatic heterocycles. The quantitative estimate of drug-likeness (QED) is 0.833. The van der Waals surface area contributed by atoms with Gasteiger partial charge in [0, 0.05) is 45.2 Å². The number of hydrogen-bond acceptors (Lipinski definition) is 4. The average Bonchev–Trinajstić information content (AvgIpc) is 2.64. The molecule has 0 unspecified atom stereocenters. The lowest BCUT2D eigenvalue weighted by Crippen LogP contribution is -2.34. The number of rotatable bonds is 4. The minimum atomic E-state index is 0.293. The highest BCUT2D eigenvalue weighted by Gasteiger charge is 2.19. The largest absolute Gasteiger partial charge is 0.361 e. The van der Waals surface area contributed by atoms with Crippen molar-refractivity contribution in [1.29, 1.82) is 0 Å². The number of aryl methyl sites for hydroxylation is 1. The van der Waals surface area contributed by atoms with E-state index in [9.17, 15) is 4.79 Å². The van der Waals surface area contributed by atoms with E-state index in [1.165, 1.54) is 0 Å². The summed E-state index contributed by atoms with van der Waals surface area (Å²) in [7, 11) is 0. The molecule has 1 aromatic heterocycles. The summed E-state index contributed by atoms with van der Waals surface area (Å²) in [5, 5.41) is 4.03. The molecule has 2 heterocycles. The molecule has 19 heavy (non-hydrogen) atoms. The van der Waals surface area contributed by atoms with E-state index in [0.717, 1.165) is 57.0 Å². The minimum absolute atomic E-state index is 0.293. The topological polar surface area (TPSA) is 49.6 Å². The predicted molar refractivity (Wildman–Crippen MR) is 72.6 cm³/mol. The maximum Gasteiger partial charge on any atom is 0.222 e. The van der Waals surface area contributed by atoms with Crippen molar-refractivity contribution in [2.45, 2.75) is 39.7 Å². The van der Waals surface area contributed by atoms with Crippen LogP contribution in [-0.2, 0) is 11.3 Å². The Morgan fingerprint density at radius 3 is 2.89 bits per heavy atom. The molecule has 1 aromatic rings. The standard InChI is InChI=1S/C14H23N3O2/c1-3-5-14(18)17-7-4-6-16(8-9-17)11-13-10-12(2)19-15-13/h10H,3-9,11H2,1-2H3. The summed E-state index contributed by atoms with van der Waals surface area (Å²) in [5.41, 5.74) is 0.978. The molecule has 0 radical (unpaired) electrons. The Morgan fingerprint density at radius 2 is 2.21 bits per heavy atom. The van der Waals surface area contributed by atoms with E-state index in [1.807, 2.05) is 17.9 Å². The summed E-state index contributed by atoms with van der Waals surface area (Å²) >= 11 is 0. The van der Waals surface area contributed by atoms with E-state index in [-0.39, 0.29) is 0 Å². The number of aromatic nitrogens is 1. The molecule has 0 bridgehead atoms. The summed E-state index contributed by atoms with van der Waals surface area (Å²) < 4.78 is 5.09. The lowest BCUT2D eigenvalue weighted by atomic mass is 10.3. The van der Waals surface area contributed by atoms with E-state index in [2.05, 4.69) is 17.0 Å². The highest BCUT2D eigenvalue weighted by atomic mass is 16.5. The summed E-state index contributed by atoms with van der Waals surface area (Å²) in [6, 6.07) is 1.98. The summed E-state index contributed by atoms with van der Waals surface area (Å²) in [6.45, 7) is 8.41. The molecular formula is C14H23N3O2. The third-order valence-electron chi connectivity index (χ3n) is 3.47. The van der Waals surface area contributed by atoms with Gasteiger partial charge in [-0.05, 0) is 19.8 Å². The first-order valence-corrected chi connectivity index (χ1v) is 7.11. The molecular weight excluding hydrogens is 242 g/mol. The number of nitrogens with zero attached hydrogens (tertiary/aromatic N) is 3. The van der Waals surface area contributed by atoms with Crippen LogP contribution in [0.3, 0.4) is 0 Å². The molecule has 0 aromatic carbocycles. The first-order chi connectivity index (χ1) is 9.19. The fraction of sp³-hybridized carbons (Fsp3) is 0.714. The highest BCUT2D eigenvalue weighted by Crippen LogP contribution is 2.10. The molecule has 0 N–H and O–H groups in total. The van der Waals surface area contributed by atoms with Crippen molar-refractivity contribution in [3.8, 4) is 0 Å². The van der Waals surface area contributed by atoms with Gasteiger partial charge >= 0.3 is 0 Å². The molecule has 0 aliphatic carbocycles. The maximum atomic E-state index is 11.9. The van der Waals surface area contributed by atoms with E-state index in [1.54, 1.807) is 0 Å². The zero-order valence-electron chi connectivity index (χ0n) is 11.9. The van der Waals surface area contributed by atoms with Gasteiger partial charge in [-0.15, -0.1) is 0 Å². The molecule has 1 aliphatic rings. The number of carbonyl (C=O) groups is 1. The van der Waals surface area contributed by atoms with Crippen LogP contribution >= 0.6 is 0 Å². The van der Waals surface area contributed by atoms with Gasteiger partial charge in [0.05, 0.1) is 5.69 Å². The van der Waals surface area contributed by atoms with Gasteiger partial charge in [0.15, 0.2) is 0 Å². The van der Waals surface area contributed by atoms with Crippen molar-refractivity contribution in [3.05, 3.63) is 17.5 Å². The second kappa shape index (κ2) is 6.70. The van der Waals surface area contributed by atoms with Gasteiger partial charge in [0.1, 0.15) is 5.76 Å². The Kier molecular flexibility index (Phi) is 4.96. The summed E-state index contributed by atoms with van der Waals surface area (Å²) in [4.78, 5) is 16.2. The van der Waals surface area contributed by atoms with Crippen LogP contribution in [0.5, 0.6) is 0 Å². The van der Waals surface area contributed by atoms with Gasteiger partial charge < -0.3 is 9.42 Å². The fourth-order valence-corrected chi connectivity index (χ4v) is 2.47. The van der Waals surface area contributed by atoms with E-state index < -0.39 is 0 Å². The van der Waals surface area contributed by atoms with Crippen LogP contribution in [0.15, 0.2) is 10.6 Å². The molecule has 1 saturated heterocycles. The smallest absolute Gasteiger partial charge is 0.222 e. The third kappa shape index (κ3) is 4.06. The van der Waals surface area contributed by atoms with Gasteiger partial charge in [-0.25, -0.2) is 0 Å². The first kappa shape index (κ1) is 14.1. The van der Waals surface area contributed by atoms with Gasteiger partial charge in [-0.2, -0.15) is 0 Å². The third-order valence-corrected chi connectivity index (χ3v) is 3.47. The van der Waals surface area contributed by atoms with Crippen LogP contribution < -0.4 is 0 Å². The SMILES string of the molecule is CCCC(=O)N1CCCN(Cc2cc(C)on2)CC1. The van der Waals surface area contributed by atoms with E-state index in [4.69, 9.17) is 4.52 Å². The molecule has 5 heteroatoms. The number of carbonyl (C=O) groups excluding carboxylic acids is 1. The molecule has 5 nitrogen and oxygen atoms in total. The second-order valence-electron chi connectivity index (χ2n) is 5.19. The zero-order valence-corrected chi connectivity index (χ0v) is 11.9. The average molecular weight is 265 g/mol. The van der Waals surface area contributed by atoms with Crippen LogP contribution in [0.1, 0.15) is 37.6 Å². The molecule has 1 fully saturated rings. The minimum Gasteiger partial charge on any atom is -0.361 e. The molecule has 106 valence electrons. The van der Waals surface area contributed by atoms with Crippen molar-refractivity contribution >= 4 is 5.91 Å². The monoisotopic (exact) mass is 265 g/mol. The lowest BCUT2D eigenvalue weighted by Gasteiger charge is -2.21. The van der Waals surface area contributed by atoms with Crippen LogP contribution in [0.4, 0.5) is 0 Å². The van der Waals surface area contributed by atoms with Gasteiger partial charge in [0.2, 0.25) is 5.91 Å². The fourth-order valence-electron chi connectivity index (χ4n) is 2.47. The Morgan fingerprint density at radius 1 is 1.37 bits per heavy atom. The lowest BCUT2D eigenvalue weighted by molar-refractivity contribution is -0.131. The van der Waals surface area contributed by atoms with Crippen LogP contribution in [0.2, 0.25) is 0 Å². The predicted octanol–water partition coefficient (Wildman–Crippen LogP) is 1.82. The summed E-state index contributed by atoms with van der Waals surface area (Å²) in [5.74, 6) is 1.14. The number of hydrogen-bond donors (Lipinski definition) is 0. The summed E-state index contributed by atoms with van der Waals surface area (Å²) in [6.07, 6.45) is 2.63. The van der Waals surface area contributed by atoms with E-state index in [0.29, 0.717) is 12.3 Å².